The van der Waals surface area contributed by atoms with Gasteiger partial charge in [-0.15, -0.1) is 0 Å². The molecule has 27 heavy (non-hydrogen) atoms. The quantitative estimate of drug-likeness (QED) is 0.627. The lowest BCUT2D eigenvalue weighted by molar-refractivity contribution is -0.133. The average molecular weight is 417 g/mol. The predicted octanol–water partition coefficient (Wildman–Crippen LogP) is 1.87. The fraction of sp³-hybridized carbons (Fsp3) is 0.611. The zero-order valence-electron chi connectivity index (χ0n) is 16.1. The van der Waals surface area contributed by atoms with Crippen LogP contribution in [0.25, 0.3) is 0 Å². The van der Waals surface area contributed by atoms with Gasteiger partial charge in [0.1, 0.15) is 19.3 Å². The Balaban J connectivity index is 2.19. The van der Waals surface area contributed by atoms with E-state index in [4.69, 9.17) is 9.47 Å². The lowest BCUT2D eigenvalue weighted by Crippen LogP contribution is -2.49. The molecule has 1 atom stereocenters. The topological polar surface area (TPSA) is 84.9 Å². The number of fused-ring (bicyclic) bond motifs is 1. The summed E-state index contributed by atoms with van der Waals surface area (Å²) in [4.78, 5) is 14.7. The Hall–Kier alpha value is -1.45. The van der Waals surface area contributed by atoms with E-state index in [9.17, 15) is 13.2 Å². The zero-order chi connectivity index (χ0) is 19.9. The van der Waals surface area contributed by atoms with Crippen molar-refractivity contribution >= 4 is 27.7 Å². The van der Waals surface area contributed by atoms with Crippen molar-refractivity contribution in [3.05, 3.63) is 23.8 Å². The number of nitrogens with zero attached hydrogens (tertiary/aromatic N) is 1. The van der Waals surface area contributed by atoms with Gasteiger partial charge in [0, 0.05) is 18.7 Å². The van der Waals surface area contributed by atoms with Crippen LogP contribution in [0.3, 0.4) is 0 Å². The Bertz CT molecular complexity index is 739. The number of ether oxygens (including phenoxy) is 2. The van der Waals surface area contributed by atoms with Crippen LogP contribution >= 0.6 is 11.8 Å². The number of nitrogens with one attached hydrogen (secondary N) is 1. The molecule has 2 rings (SSSR count). The molecule has 7 nitrogen and oxygen atoms in total. The molecule has 1 aliphatic rings. The maximum atomic E-state index is 13.1. The molecule has 1 unspecified atom stereocenters. The van der Waals surface area contributed by atoms with Gasteiger partial charge < -0.3 is 14.4 Å². The summed E-state index contributed by atoms with van der Waals surface area (Å²) in [5.41, 5.74) is 0.851. The van der Waals surface area contributed by atoms with Gasteiger partial charge >= 0.3 is 0 Å². The minimum Gasteiger partial charge on any atom is -0.486 e. The summed E-state index contributed by atoms with van der Waals surface area (Å²) < 4.78 is 37.9. The molecule has 1 N–H and O–H groups in total. The van der Waals surface area contributed by atoms with Crippen LogP contribution in [0.5, 0.6) is 11.5 Å². The van der Waals surface area contributed by atoms with Crippen molar-refractivity contribution in [1.29, 1.82) is 0 Å². The van der Waals surface area contributed by atoms with E-state index < -0.39 is 16.1 Å². The van der Waals surface area contributed by atoms with Crippen LogP contribution < -0.4 is 14.2 Å². The Kier molecular flexibility index (Phi) is 8.25. The van der Waals surface area contributed by atoms with Gasteiger partial charge in [-0.3, -0.25) is 4.79 Å². The Labute approximate surface area is 165 Å². The van der Waals surface area contributed by atoms with Gasteiger partial charge in [-0.1, -0.05) is 12.1 Å². The second kappa shape index (κ2) is 10.2. The molecule has 1 aromatic carbocycles. The van der Waals surface area contributed by atoms with E-state index in [1.54, 1.807) is 23.6 Å². The van der Waals surface area contributed by atoms with Gasteiger partial charge in [0.25, 0.3) is 0 Å². The van der Waals surface area contributed by atoms with Crippen molar-refractivity contribution in [2.24, 2.45) is 0 Å². The SMILES string of the molecule is CCN(Cc1cccc2c1OCCO2)C(=O)C(CCSC)NS(=O)(=O)CC. The Morgan fingerprint density at radius 2 is 2.04 bits per heavy atom. The van der Waals surface area contributed by atoms with Crippen molar-refractivity contribution in [1.82, 2.24) is 9.62 Å². The summed E-state index contributed by atoms with van der Waals surface area (Å²) in [5, 5.41) is 0. The van der Waals surface area contributed by atoms with Crippen LogP contribution in [0.1, 0.15) is 25.8 Å². The molecule has 0 radical (unpaired) electrons. The molecule has 1 aromatic rings. The first-order valence-electron chi connectivity index (χ1n) is 9.07. The van der Waals surface area contributed by atoms with Gasteiger partial charge in [0.05, 0.1) is 5.75 Å². The highest BCUT2D eigenvalue weighted by Crippen LogP contribution is 2.34. The van der Waals surface area contributed by atoms with Gasteiger partial charge in [-0.2, -0.15) is 11.8 Å². The minimum atomic E-state index is -3.47. The number of carbonyl (C=O) groups excluding carboxylic acids is 1. The molecule has 1 heterocycles. The number of carbonyl (C=O) groups is 1. The predicted molar refractivity (Wildman–Crippen MR) is 108 cm³/mol. The highest BCUT2D eigenvalue weighted by atomic mass is 32.2. The fourth-order valence-corrected chi connectivity index (χ4v) is 4.09. The van der Waals surface area contributed by atoms with Gasteiger partial charge in [0.15, 0.2) is 11.5 Å². The second-order valence-electron chi connectivity index (χ2n) is 6.15. The van der Waals surface area contributed by atoms with Crippen LogP contribution in [0.2, 0.25) is 0 Å². The number of likely N-dealkylation sites (N-methyl/N-ethyl adjacent to an activating group) is 1. The lowest BCUT2D eigenvalue weighted by atomic mass is 10.1. The number of amides is 1. The van der Waals surface area contributed by atoms with Crippen molar-refractivity contribution < 1.29 is 22.7 Å². The number of hydrogen-bond acceptors (Lipinski definition) is 6. The van der Waals surface area contributed by atoms with Crippen LogP contribution in [-0.4, -0.2) is 62.8 Å². The van der Waals surface area contributed by atoms with Crippen LogP contribution in [-0.2, 0) is 21.4 Å². The second-order valence-corrected chi connectivity index (χ2v) is 9.18. The van der Waals surface area contributed by atoms with E-state index in [1.165, 1.54) is 0 Å². The third-order valence-corrected chi connectivity index (χ3v) is 6.36. The molecule has 1 amide bonds. The third-order valence-electron chi connectivity index (χ3n) is 4.31. The van der Waals surface area contributed by atoms with Gasteiger partial charge in [0.2, 0.25) is 15.9 Å². The fourth-order valence-electron chi connectivity index (χ4n) is 2.80. The summed E-state index contributed by atoms with van der Waals surface area (Å²) in [5.74, 6) is 1.74. The molecular formula is C18H28N2O5S2. The van der Waals surface area contributed by atoms with Crippen molar-refractivity contribution in [3.8, 4) is 11.5 Å². The van der Waals surface area contributed by atoms with Crippen LogP contribution in [0.15, 0.2) is 18.2 Å². The normalized spacial score (nSPS) is 14.6. The van der Waals surface area contributed by atoms with E-state index >= 15 is 0 Å². The first-order chi connectivity index (χ1) is 12.9. The molecule has 152 valence electrons. The average Bonchev–Trinajstić information content (AvgIpc) is 2.68. The lowest BCUT2D eigenvalue weighted by Gasteiger charge is -2.28. The Morgan fingerprint density at radius 1 is 1.30 bits per heavy atom. The molecule has 0 spiro atoms. The molecule has 0 aromatic heterocycles. The van der Waals surface area contributed by atoms with Crippen LogP contribution in [0, 0.1) is 0 Å². The van der Waals surface area contributed by atoms with E-state index in [0.29, 0.717) is 50.0 Å². The summed E-state index contributed by atoms with van der Waals surface area (Å²) >= 11 is 1.58. The maximum absolute atomic E-state index is 13.1. The number of sulfonamides is 1. The summed E-state index contributed by atoms with van der Waals surface area (Å²) in [6, 6.07) is 4.84. The highest BCUT2D eigenvalue weighted by molar-refractivity contribution is 7.98. The number of hydrogen-bond donors (Lipinski definition) is 1. The number of benzene rings is 1. The maximum Gasteiger partial charge on any atom is 0.241 e. The van der Waals surface area contributed by atoms with Crippen molar-refractivity contribution in [3.63, 3.8) is 0 Å². The van der Waals surface area contributed by atoms with Crippen molar-refractivity contribution in [2.45, 2.75) is 32.9 Å². The zero-order valence-corrected chi connectivity index (χ0v) is 17.7. The molecule has 0 saturated heterocycles. The number of thioether (sulfide) groups is 1. The first-order valence-corrected chi connectivity index (χ1v) is 12.1. The summed E-state index contributed by atoms with van der Waals surface area (Å²) in [6.45, 7) is 5.21. The smallest absolute Gasteiger partial charge is 0.241 e. The highest BCUT2D eigenvalue weighted by Gasteiger charge is 2.28. The monoisotopic (exact) mass is 416 g/mol. The first kappa shape index (κ1) is 21.8. The minimum absolute atomic E-state index is 0.0560. The van der Waals surface area contributed by atoms with E-state index in [2.05, 4.69) is 4.72 Å². The summed E-state index contributed by atoms with van der Waals surface area (Å²) in [6.07, 6.45) is 2.38. The van der Waals surface area contributed by atoms with E-state index in [1.807, 2.05) is 31.4 Å². The van der Waals surface area contributed by atoms with Crippen LogP contribution in [0.4, 0.5) is 0 Å². The molecule has 0 aliphatic carbocycles. The standard InChI is InChI=1S/C18H28N2O5S2/c1-4-20(13-14-7-6-8-16-17(14)25-11-10-24-16)18(21)15(9-12-26-3)19-27(22,23)5-2/h6-8,15,19H,4-5,9-13H2,1-3H3. The molecule has 0 saturated carbocycles. The number of rotatable bonds is 10. The van der Waals surface area contributed by atoms with Gasteiger partial charge in [-0.25, -0.2) is 13.1 Å². The van der Waals surface area contributed by atoms with Gasteiger partial charge in [-0.05, 0) is 38.3 Å². The number of para-hydroxylation sites is 1. The molecular weight excluding hydrogens is 388 g/mol. The van der Waals surface area contributed by atoms with E-state index in [0.717, 1.165) is 5.56 Å². The molecule has 0 fully saturated rings. The Morgan fingerprint density at radius 3 is 2.70 bits per heavy atom. The van der Waals surface area contributed by atoms with E-state index in [-0.39, 0.29) is 11.7 Å². The molecule has 1 aliphatic heterocycles. The largest absolute Gasteiger partial charge is 0.486 e. The van der Waals surface area contributed by atoms with Crippen molar-refractivity contribution in [2.75, 3.05) is 37.5 Å². The molecule has 0 bridgehead atoms. The summed E-state index contributed by atoms with van der Waals surface area (Å²) in [7, 11) is -3.47. The third kappa shape index (κ3) is 6.02. The molecule has 9 heteroatoms.